The normalized spacial score (nSPS) is 33.3. The lowest BCUT2D eigenvalue weighted by molar-refractivity contribution is -0.250. The number of Topliss-reactive ketones (excluding diaryl/α,β-unsaturated/α-hetero) is 1. The Bertz CT molecular complexity index is 819. The van der Waals surface area contributed by atoms with Crippen LogP contribution < -0.4 is 0 Å². The van der Waals surface area contributed by atoms with E-state index >= 15 is 0 Å². The lowest BCUT2D eigenvalue weighted by Crippen LogP contribution is -2.65. The van der Waals surface area contributed by atoms with Crippen LogP contribution in [-0.4, -0.2) is 38.9 Å². The Morgan fingerprint density at radius 3 is 2.62 bits per heavy atom. The molecular weight excluding hydrogens is 332 g/mol. The number of fused-ring (bicyclic) bond motifs is 2. The average Bonchev–Trinajstić information content (AvgIpc) is 3.08. The zero-order valence-electron chi connectivity index (χ0n) is 15.1. The summed E-state index contributed by atoms with van der Waals surface area (Å²) in [6.07, 6.45) is 7.79. The van der Waals surface area contributed by atoms with Gasteiger partial charge in [-0.15, -0.1) is 0 Å². The fourth-order valence-electron chi connectivity index (χ4n) is 5.21. The van der Waals surface area contributed by atoms with Gasteiger partial charge in [0.15, 0.2) is 0 Å². The molecule has 4 aliphatic rings. The van der Waals surface area contributed by atoms with Crippen molar-refractivity contribution in [1.82, 2.24) is 0 Å². The van der Waals surface area contributed by atoms with E-state index in [2.05, 4.69) is 12.1 Å². The highest BCUT2D eigenvalue weighted by molar-refractivity contribution is 6.00. The third-order valence-corrected chi connectivity index (χ3v) is 6.28. The van der Waals surface area contributed by atoms with Crippen LogP contribution in [0, 0.1) is 17.3 Å². The smallest absolute Gasteiger partial charge is 0.330 e. The van der Waals surface area contributed by atoms with Gasteiger partial charge in [0, 0.05) is 32.1 Å². The van der Waals surface area contributed by atoms with Gasteiger partial charge >= 0.3 is 5.97 Å². The van der Waals surface area contributed by atoms with Crippen LogP contribution in [0.2, 0.25) is 0 Å². The van der Waals surface area contributed by atoms with E-state index in [0.29, 0.717) is 0 Å². The number of hydrogen-bond acceptors (Lipinski definition) is 5. The van der Waals surface area contributed by atoms with Gasteiger partial charge < -0.3 is 14.2 Å². The van der Waals surface area contributed by atoms with E-state index in [4.69, 9.17) is 14.2 Å². The van der Waals surface area contributed by atoms with Crippen molar-refractivity contribution in [3.05, 3.63) is 59.7 Å². The topological polar surface area (TPSA) is 61.8 Å². The molecule has 5 heteroatoms. The first-order chi connectivity index (χ1) is 12.5. The Labute approximate surface area is 152 Å². The molecule has 5 nitrogen and oxygen atoms in total. The Morgan fingerprint density at radius 2 is 1.92 bits per heavy atom. The molecule has 4 aliphatic carbocycles. The van der Waals surface area contributed by atoms with E-state index in [1.54, 1.807) is 6.08 Å². The summed E-state index contributed by atoms with van der Waals surface area (Å²) in [6, 6.07) is 8.20. The number of carbonyl (C=O) groups excluding carboxylic acids is 2. The Kier molecular flexibility index (Phi) is 3.90. The molecule has 0 N–H and O–H groups in total. The van der Waals surface area contributed by atoms with Crippen LogP contribution in [0.25, 0.3) is 0 Å². The van der Waals surface area contributed by atoms with Gasteiger partial charge in [-0.3, -0.25) is 4.79 Å². The van der Waals surface area contributed by atoms with Crippen molar-refractivity contribution >= 4 is 11.8 Å². The largest absolute Gasteiger partial charge is 0.466 e. The molecule has 26 heavy (non-hydrogen) atoms. The summed E-state index contributed by atoms with van der Waals surface area (Å²) < 4.78 is 16.1. The number of ketones is 1. The van der Waals surface area contributed by atoms with E-state index < -0.39 is 17.2 Å². The molecule has 0 radical (unpaired) electrons. The maximum atomic E-state index is 13.6. The third-order valence-electron chi connectivity index (χ3n) is 6.28. The number of allylic oxidation sites excluding steroid dienone is 2. The minimum absolute atomic E-state index is 0.0412. The van der Waals surface area contributed by atoms with Crippen molar-refractivity contribution in [3.63, 3.8) is 0 Å². The minimum Gasteiger partial charge on any atom is -0.466 e. The van der Waals surface area contributed by atoms with Crippen molar-refractivity contribution < 1.29 is 23.8 Å². The van der Waals surface area contributed by atoms with Gasteiger partial charge in [0.05, 0.1) is 12.5 Å². The highest BCUT2D eigenvalue weighted by Crippen LogP contribution is 2.64. The van der Waals surface area contributed by atoms with E-state index in [1.165, 1.54) is 33.0 Å². The van der Waals surface area contributed by atoms with Crippen molar-refractivity contribution in [3.8, 4) is 0 Å². The summed E-state index contributed by atoms with van der Waals surface area (Å²) in [5.41, 5.74) is 1.41. The zero-order valence-corrected chi connectivity index (χ0v) is 15.1. The van der Waals surface area contributed by atoms with Gasteiger partial charge in [-0.05, 0) is 23.5 Å². The molecule has 136 valence electrons. The molecular formula is C21H22O5. The monoisotopic (exact) mass is 354 g/mol. The first kappa shape index (κ1) is 17.2. The number of benzene rings is 1. The predicted molar refractivity (Wildman–Crippen MR) is 94.4 cm³/mol. The average molecular weight is 354 g/mol. The van der Waals surface area contributed by atoms with Crippen molar-refractivity contribution in [2.24, 2.45) is 17.3 Å². The second-order valence-corrected chi connectivity index (χ2v) is 7.12. The maximum absolute atomic E-state index is 13.6. The molecule has 1 saturated carbocycles. The number of rotatable bonds is 4. The fourth-order valence-corrected chi connectivity index (χ4v) is 5.21. The number of methoxy groups -OCH3 is 3. The van der Waals surface area contributed by atoms with Crippen molar-refractivity contribution in [1.29, 1.82) is 0 Å². The lowest BCUT2D eigenvalue weighted by atomic mass is 9.51. The maximum Gasteiger partial charge on any atom is 0.330 e. The number of esters is 1. The number of hydrogen-bond donors (Lipinski definition) is 0. The first-order valence-electron chi connectivity index (χ1n) is 8.73. The highest BCUT2D eigenvalue weighted by Gasteiger charge is 2.69. The van der Waals surface area contributed by atoms with E-state index in [-0.39, 0.29) is 23.5 Å². The van der Waals surface area contributed by atoms with Crippen LogP contribution in [0.15, 0.2) is 48.6 Å². The minimum atomic E-state index is -1.33. The standard InChI is InChI=1S/C21H22O5/c1-24-17(22)9-11-20-10-8-16(21(25-2,26-3)19(20)23)15-12-13-6-4-5-7-14(13)18(15)20/h4-11,15-16,18H,12H2,1-3H3/b11-9+. The Balaban J connectivity index is 1.93. The van der Waals surface area contributed by atoms with E-state index in [1.807, 2.05) is 24.3 Å². The summed E-state index contributed by atoms with van der Waals surface area (Å²) in [5, 5.41) is 0. The van der Waals surface area contributed by atoms with Gasteiger partial charge in [0.1, 0.15) is 0 Å². The summed E-state index contributed by atoms with van der Waals surface area (Å²) in [4.78, 5) is 25.4. The lowest BCUT2D eigenvalue weighted by Gasteiger charge is -2.55. The van der Waals surface area contributed by atoms with Gasteiger partial charge in [0.2, 0.25) is 11.6 Å². The molecule has 1 aromatic rings. The van der Waals surface area contributed by atoms with Crippen LogP contribution >= 0.6 is 0 Å². The quantitative estimate of drug-likeness (QED) is 0.360. The van der Waals surface area contributed by atoms with Crippen LogP contribution in [0.5, 0.6) is 0 Å². The predicted octanol–water partition coefficient (Wildman–Crippen LogP) is 2.42. The molecule has 0 heterocycles. The fraction of sp³-hybridized carbons (Fsp3) is 0.429. The summed E-state index contributed by atoms with van der Waals surface area (Å²) in [7, 11) is 4.33. The Morgan fingerprint density at radius 1 is 1.19 bits per heavy atom. The molecule has 0 aromatic heterocycles. The molecule has 4 atom stereocenters. The van der Waals surface area contributed by atoms with Crippen LogP contribution in [0.1, 0.15) is 17.0 Å². The molecule has 1 fully saturated rings. The SMILES string of the molecule is COC(=O)/C=C/C12C=CC(C3Cc4ccccc4C31)C(OC)(OC)C2=O. The molecule has 0 amide bonds. The van der Waals surface area contributed by atoms with E-state index in [9.17, 15) is 9.59 Å². The highest BCUT2D eigenvalue weighted by atomic mass is 16.7. The molecule has 0 aliphatic heterocycles. The van der Waals surface area contributed by atoms with Gasteiger partial charge in [-0.2, -0.15) is 0 Å². The van der Waals surface area contributed by atoms with Crippen molar-refractivity contribution in [2.45, 2.75) is 18.1 Å². The van der Waals surface area contributed by atoms with Crippen molar-refractivity contribution in [2.75, 3.05) is 21.3 Å². The van der Waals surface area contributed by atoms with Crippen LogP contribution in [0.4, 0.5) is 0 Å². The van der Waals surface area contributed by atoms with Crippen LogP contribution in [0.3, 0.4) is 0 Å². The first-order valence-corrected chi connectivity index (χ1v) is 8.73. The number of carbonyl (C=O) groups is 2. The third kappa shape index (κ3) is 1.98. The molecule has 2 bridgehead atoms. The molecule has 0 saturated heterocycles. The zero-order chi connectivity index (χ0) is 18.5. The summed E-state index contributed by atoms with van der Waals surface area (Å²) >= 11 is 0. The summed E-state index contributed by atoms with van der Waals surface area (Å²) in [6.45, 7) is 0. The molecule has 4 unspecified atom stereocenters. The molecule has 1 aromatic carbocycles. The molecule has 0 spiro atoms. The van der Waals surface area contributed by atoms with Crippen LogP contribution in [-0.2, 0) is 30.2 Å². The van der Waals surface area contributed by atoms with Gasteiger partial charge in [0.25, 0.3) is 0 Å². The second-order valence-electron chi connectivity index (χ2n) is 7.12. The second kappa shape index (κ2) is 5.89. The van der Waals surface area contributed by atoms with E-state index in [0.717, 1.165) is 12.0 Å². The van der Waals surface area contributed by atoms with Gasteiger partial charge in [-0.1, -0.05) is 42.5 Å². The number of ether oxygens (including phenoxy) is 3. The van der Waals surface area contributed by atoms with Gasteiger partial charge in [-0.25, -0.2) is 4.79 Å². The summed E-state index contributed by atoms with van der Waals surface area (Å²) in [5.74, 6) is -2.04. The Hall–Kier alpha value is -2.24. The molecule has 5 rings (SSSR count).